The molecule has 4 aromatic carbocycles. The molecule has 0 fully saturated rings. The Balaban J connectivity index is 1.70. The molecule has 4 rings (SSSR count). The van der Waals surface area contributed by atoms with Gasteiger partial charge in [0.15, 0.2) is 0 Å². The number of halogens is 1. The quantitative estimate of drug-likeness (QED) is 0.236. The zero-order valence-electron chi connectivity index (χ0n) is 14.7. The van der Waals surface area contributed by atoms with E-state index >= 15 is 0 Å². The summed E-state index contributed by atoms with van der Waals surface area (Å²) in [5, 5.41) is 2.31. The van der Waals surface area contributed by atoms with Crippen LogP contribution in [-0.2, 0) is 6.61 Å². The van der Waals surface area contributed by atoms with Crippen molar-refractivity contribution >= 4 is 45.3 Å². The van der Waals surface area contributed by atoms with Crippen molar-refractivity contribution in [2.75, 3.05) is 0 Å². The number of benzene rings is 4. The summed E-state index contributed by atoms with van der Waals surface area (Å²) in [6, 6.07) is 30.8. The highest BCUT2D eigenvalue weighted by atomic mass is 127. The smallest absolute Gasteiger partial charge is 0.129 e. The van der Waals surface area contributed by atoms with Crippen molar-refractivity contribution in [3.05, 3.63) is 106 Å². The van der Waals surface area contributed by atoms with Gasteiger partial charge in [0.25, 0.3) is 0 Å². The third-order valence-corrected chi connectivity index (χ3v) is 5.06. The molecule has 0 bridgehead atoms. The van der Waals surface area contributed by atoms with Gasteiger partial charge in [-0.05, 0) is 69.3 Å². The second kappa shape index (κ2) is 8.35. The van der Waals surface area contributed by atoms with E-state index in [1.807, 2.05) is 54.7 Å². The Labute approximate surface area is 172 Å². The fraction of sp³-hybridized carbons (Fsp3) is 0.0417. The lowest BCUT2D eigenvalue weighted by Gasteiger charge is -2.12. The highest BCUT2D eigenvalue weighted by molar-refractivity contribution is 14.1. The van der Waals surface area contributed by atoms with Gasteiger partial charge < -0.3 is 4.74 Å². The van der Waals surface area contributed by atoms with E-state index in [-0.39, 0.29) is 0 Å². The molecule has 0 aromatic heterocycles. The number of hydrogen-bond donors (Lipinski definition) is 0. The van der Waals surface area contributed by atoms with Crippen LogP contribution >= 0.6 is 22.6 Å². The van der Waals surface area contributed by atoms with Crippen LogP contribution in [0.4, 0.5) is 5.69 Å². The van der Waals surface area contributed by atoms with Gasteiger partial charge in [-0.2, -0.15) is 0 Å². The number of aliphatic imine (C=N–C) groups is 1. The summed E-state index contributed by atoms with van der Waals surface area (Å²) in [6.07, 6.45) is 1.91. The Bertz CT molecular complexity index is 1070. The molecule has 0 aliphatic heterocycles. The normalized spacial score (nSPS) is 11.1. The highest BCUT2D eigenvalue weighted by Gasteiger charge is 2.07. The van der Waals surface area contributed by atoms with Crippen molar-refractivity contribution in [3.8, 4) is 5.75 Å². The number of rotatable bonds is 5. The molecule has 0 saturated carbocycles. The Morgan fingerprint density at radius 2 is 1.52 bits per heavy atom. The molecular formula is C24H18INO. The fourth-order valence-electron chi connectivity index (χ4n) is 2.94. The molecular weight excluding hydrogens is 445 g/mol. The first-order valence-electron chi connectivity index (χ1n) is 8.78. The van der Waals surface area contributed by atoms with Crippen LogP contribution in [-0.4, -0.2) is 6.21 Å². The van der Waals surface area contributed by atoms with Crippen molar-refractivity contribution < 1.29 is 4.74 Å². The van der Waals surface area contributed by atoms with Crippen molar-refractivity contribution in [3.63, 3.8) is 0 Å². The average molecular weight is 463 g/mol. The molecule has 0 aliphatic rings. The maximum Gasteiger partial charge on any atom is 0.129 e. The Kier molecular flexibility index (Phi) is 5.49. The van der Waals surface area contributed by atoms with Gasteiger partial charge in [-0.1, -0.05) is 60.7 Å². The SMILES string of the molecule is Ic1ccc(N=Cc2c(OCc3ccccc3)ccc3ccccc23)cc1. The summed E-state index contributed by atoms with van der Waals surface area (Å²) < 4.78 is 7.34. The summed E-state index contributed by atoms with van der Waals surface area (Å²) in [5.74, 6) is 0.840. The summed E-state index contributed by atoms with van der Waals surface area (Å²) in [7, 11) is 0. The second-order valence-electron chi connectivity index (χ2n) is 6.21. The number of nitrogens with zero attached hydrogens (tertiary/aromatic N) is 1. The number of fused-ring (bicyclic) bond motifs is 1. The van der Waals surface area contributed by atoms with E-state index in [0.717, 1.165) is 28.0 Å². The maximum atomic E-state index is 6.15. The van der Waals surface area contributed by atoms with E-state index in [9.17, 15) is 0 Å². The third-order valence-electron chi connectivity index (χ3n) is 4.34. The lowest BCUT2D eigenvalue weighted by molar-refractivity contribution is 0.306. The van der Waals surface area contributed by atoms with E-state index in [0.29, 0.717) is 6.61 Å². The minimum atomic E-state index is 0.531. The molecule has 4 aromatic rings. The van der Waals surface area contributed by atoms with E-state index in [1.165, 1.54) is 8.96 Å². The lowest BCUT2D eigenvalue weighted by Crippen LogP contribution is -1.99. The molecule has 0 unspecified atom stereocenters. The number of hydrogen-bond acceptors (Lipinski definition) is 2. The van der Waals surface area contributed by atoms with E-state index in [1.54, 1.807) is 0 Å². The summed E-state index contributed by atoms with van der Waals surface area (Å²) in [6.45, 7) is 0.531. The van der Waals surface area contributed by atoms with Crippen LogP contribution in [0.1, 0.15) is 11.1 Å². The van der Waals surface area contributed by atoms with E-state index in [2.05, 4.69) is 70.0 Å². The fourth-order valence-corrected chi connectivity index (χ4v) is 3.30. The first kappa shape index (κ1) is 17.7. The van der Waals surface area contributed by atoms with Crippen molar-refractivity contribution in [2.45, 2.75) is 6.61 Å². The molecule has 0 amide bonds. The van der Waals surface area contributed by atoms with Gasteiger partial charge in [-0.3, -0.25) is 4.99 Å². The predicted molar refractivity (Wildman–Crippen MR) is 121 cm³/mol. The maximum absolute atomic E-state index is 6.15. The Hall–Kier alpha value is -2.66. The zero-order valence-corrected chi connectivity index (χ0v) is 16.8. The van der Waals surface area contributed by atoms with Crippen LogP contribution in [0.3, 0.4) is 0 Å². The van der Waals surface area contributed by atoms with Gasteiger partial charge in [0, 0.05) is 15.3 Å². The van der Waals surface area contributed by atoms with Gasteiger partial charge in [0.2, 0.25) is 0 Å². The molecule has 2 nitrogen and oxygen atoms in total. The minimum Gasteiger partial charge on any atom is -0.488 e. The lowest BCUT2D eigenvalue weighted by atomic mass is 10.0. The van der Waals surface area contributed by atoms with Gasteiger partial charge in [-0.25, -0.2) is 0 Å². The second-order valence-corrected chi connectivity index (χ2v) is 7.45. The van der Waals surface area contributed by atoms with Crippen molar-refractivity contribution in [2.24, 2.45) is 4.99 Å². The third kappa shape index (κ3) is 4.37. The molecule has 0 aliphatic carbocycles. The standard InChI is InChI=1S/C24H18INO/c25-20-11-13-21(14-12-20)26-16-23-22-9-5-4-8-19(22)10-15-24(23)27-17-18-6-2-1-3-7-18/h1-16H,17H2. The molecule has 0 atom stereocenters. The predicted octanol–water partition coefficient (Wildman–Crippen LogP) is 6.77. The molecule has 0 saturated heterocycles. The molecule has 3 heteroatoms. The minimum absolute atomic E-state index is 0.531. The molecule has 0 heterocycles. The molecule has 27 heavy (non-hydrogen) atoms. The van der Waals surface area contributed by atoms with Crippen LogP contribution in [0, 0.1) is 3.57 Å². The first-order chi connectivity index (χ1) is 13.3. The summed E-state index contributed by atoms with van der Waals surface area (Å²) in [4.78, 5) is 4.68. The van der Waals surface area contributed by atoms with Crippen LogP contribution in [0.25, 0.3) is 10.8 Å². The Morgan fingerprint density at radius 3 is 2.33 bits per heavy atom. The van der Waals surface area contributed by atoms with Crippen LogP contribution in [0.15, 0.2) is 96.0 Å². The first-order valence-corrected chi connectivity index (χ1v) is 9.85. The van der Waals surface area contributed by atoms with Crippen molar-refractivity contribution in [1.29, 1.82) is 0 Å². The van der Waals surface area contributed by atoms with Gasteiger partial charge in [0.05, 0.1) is 5.69 Å². The van der Waals surface area contributed by atoms with Crippen LogP contribution < -0.4 is 4.74 Å². The van der Waals surface area contributed by atoms with E-state index in [4.69, 9.17) is 4.74 Å². The van der Waals surface area contributed by atoms with Crippen molar-refractivity contribution in [1.82, 2.24) is 0 Å². The largest absolute Gasteiger partial charge is 0.488 e. The van der Waals surface area contributed by atoms with Crippen LogP contribution in [0.2, 0.25) is 0 Å². The summed E-state index contributed by atoms with van der Waals surface area (Å²) in [5.41, 5.74) is 3.08. The Morgan fingerprint density at radius 1 is 0.778 bits per heavy atom. The van der Waals surface area contributed by atoms with Gasteiger partial charge >= 0.3 is 0 Å². The van der Waals surface area contributed by atoms with Gasteiger partial charge in [-0.15, -0.1) is 0 Å². The summed E-state index contributed by atoms with van der Waals surface area (Å²) >= 11 is 2.30. The highest BCUT2D eigenvalue weighted by Crippen LogP contribution is 2.28. The average Bonchev–Trinajstić information content (AvgIpc) is 2.73. The van der Waals surface area contributed by atoms with E-state index < -0.39 is 0 Å². The van der Waals surface area contributed by atoms with Gasteiger partial charge in [0.1, 0.15) is 12.4 Å². The topological polar surface area (TPSA) is 21.6 Å². The monoisotopic (exact) mass is 463 g/mol. The number of ether oxygens (including phenoxy) is 1. The molecule has 0 N–H and O–H groups in total. The molecule has 0 spiro atoms. The molecule has 132 valence electrons. The zero-order chi connectivity index (χ0) is 18.5. The molecule has 0 radical (unpaired) electrons. The van der Waals surface area contributed by atoms with Crippen LogP contribution in [0.5, 0.6) is 5.75 Å².